The molecule has 0 spiro atoms. The van der Waals surface area contributed by atoms with E-state index in [1.807, 2.05) is 0 Å². The van der Waals surface area contributed by atoms with E-state index >= 15 is 0 Å². The van der Waals surface area contributed by atoms with Crippen LogP contribution in [0.25, 0.3) is 0 Å². The van der Waals surface area contributed by atoms with Crippen molar-refractivity contribution in [2.45, 2.75) is 6.04 Å². The van der Waals surface area contributed by atoms with Crippen LogP contribution in [0.15, 0.2) is 18.2 Å². The average molecular weight is 300 g/mol. The first-order chi connectivity index (χ1) is 9.54. The number of rotatable bonds is 2. The molecule has 1 unspecified atom stereocenters. The molecule has 0 radical (unpaired) electrons. The van der Waals surface area contributed by atoms with Gasteiger partial charge < -0.3 is 15.5 Å². The van der Waals surface area contributed by atoms with E-state index in [2.05, 4.69) is 10.6 Å². The molecule has 0 bridgehead atoms. The Morgan fingerprint density at radius 1 is 1.50 bits per heavy atom. The highest BCUT2D eigenvalue weighted by Gasteiger charge is 2.32. The largest absolute Gasteiger partial charge is 0.357 e. The van der Waals surface area contributed by atoms with Crippen molar-refractivity contribution in [1.29, 1.82) is 0 Å². The molecule has 1 fully saturated rings. The van der Waals surface area contributed by atoms with Gasteiger partial charge in [-0.1, -0.05) is 11.6 Å². The fourth-order valence-corrected chi connectivity index (χ4v) is 2.32. The van der Waals surface area contributed by atoms with E-state index < -0.39 is 11.9 Å². The van der Waals surface area contributed by atoms with Gasteiger partial charge in [0.2, 0.25) is 5.91 Å². The van der Waals surface area contributed by atoms with Crippen molar-refractivity contribution in [1.82, 2.24) is 15.5 Å². The molecule has 20 heavy (non-hydrogen) atoms. The highest BCUT2D eigenvalue weighted by atomic mass is 35.5. The van der Waals surface area contributed by atoms with E-state index in [1.165, 1.54) is 24.1 Å². The highest BCUT2D eigenvalue weighted by molar-refractivity contribution is 6.31. The van der Waals surface area contributed by atoms with Crippen LogP contribution in [0.3, 0.4) is 0 Å². The number of likely N-dealkylation sites (N-methyl/N-ethyl adjacent to an activating group) is 1. The summed E-state index contributed by atoms with van der Waals surface area (Å²) >= 11 is 5.69. The lowest BCUT2D eigenvalue weighted by atomic mass is 10.1. The van der Waals surface area contributed by atoms with Crippen LogP contribution in [-0.4, -0.2) is 49.4 Å². The van der Waals surface area contributed by atoms with Crippen LogP contribution in [0.2, 0.25) is 5.02 Å². The first-order valence-electron chi connectivity index (χ1n) is 6.23. The Bertz CT molecular complexity index is 538. The summed E-state index contributed by atoms with van der Waals surface area (Å²) in [7, 11) is 1.52. The summed E-state index contributed by atoms with van der Waals surface area (Å²) < 4.78 is 13.1. The Morgan fingerprint density at radius 2 is 2.25 bits per heavy atom. The SMILES string of the molecule is CNC(=O)C1CNCCN1C(=O)c1ccc(F)c(Cl)c1. The summed E-state index contributed by atoms with van der Waals surface area (Å²) in [5.74, 6) is -1.15. The van der Waals surface area contributed by atoms with E-state index in [-0.39, 0.29) is 22.4 Å². The smallest absolute Gasteiger partial charge is 0.254 e. The summed E-state index contributed by atoms with van der Waals surface area (Å²) in [5.41, 5.74) is 0.271. The first kappa shape index (κ1) is 14.7. The van der Waals surface area contributed by atoms with Gasteiger partial charge in [-0.3, -0.25) is 9.59 Å². The van der Waals surface area contributed by atoms with Crippen LogP contribution in [0.4, 0.5) is 4.39 Å². The topological polar surface area (TPSA) is 61.4 Å². The molecule has 0 saturated carbocycles. The molecule has 1 atom stereocenters. The molecule has 1 aliphatic rings. The fraction of sp³-hybridized carbons (Fsp3) is 0.385. The van der Waals surface area contributed by atoms with Crippen molar-refractivity contribution in [2.75, 3.05) is 26.7 Å². The number of benzene rings is 1. The van der Waals surface area contributed by atoms with Gasteiger partial charge in [0.1, 0.15) is 11.9 Å². The van der Waals surface area contributed by atoms with Crippen LogP contribution in [0, 0.1) is 5.82 Å². The molecule has 5 nitrogen and oxygen atoms in total. The maximum absolute atomic E-state index is 13.1. The Kier molecular flexibility index (Phi) is 4.57. The lowest BCUT2D eigenvalue weighted by Crippen LogP contribution is -2.59. The molecule has 0 aromatic heterocycles. The van der Waals surface area contributed by atoms with Gasteiger partial charge in [0.05, 0.1) is 5.02 Å². The second-order valence-corrected chi connectivity index (χ2v) is 4.87. The number of hydrogen-bond acceptors (Lipinski definition) is 3. The minimum absolute atomic E-state index is 0.109. The van der Waals surface area contributed by atoms with Crippen LogP contribution < -0.4 is 10.6 Å². The molecule has 108 valence electrons. The number of piperazine rings is 1. The van der Waals surface area contributed by atoms with E-state index in [0.717, 1.165) is 6.07 Å². The third-order valence-electron chi connectivity index (χ3n) is 3.22. The summed E-state index contributed by atoms with van der Waals surface area (Å²) in [6.45, 7) is 1.40. The molecule has 1 saturated heterocycles. The third-order valence-corrected chi connectivity index (χ3v) is 3.51. The highest BCUT2D eigenvalue weighted by Crippen LogP contribution is 2.18. The zero-order valence-electron chi connectivity index (χ0n) is 11.0. The van der Waals surface area contributed by atoms with Crippen molar-refractivity contribution in [3.05, 3.63) is 34.6 Å². The number of nitrogens with one attached hydrogen (secondary N) is 2. The van der Waals surface area contributed by atoms with E-state index in [0.29, 0.717) is 19.6 Å². The predicted molar refractivity (Wildman–Crippen MR) is 73.2 cm³/mol. The molecule has 0 aliphatic carbocycles. The van der Waals surface area contributed by atoms with E-state index in [1.54, 1.807) is 0 Å². The van der Waals surface area contributed by atoms with Gasteiger partial charge in [-0.15, -0.1) is 0 Å². The molecular weight excluding hydrogens is 285 g/mol. The van der Waals surface area contributed by atoms with Crippen molar-refractivity contribution in [3.63, 3.8) is 0 Å². The Labute approximate surface area is 121 Å². The quantitative estimate of drug-likeness (QED) is 0.842. The summed E-state index contributed by atoms with van der Waals surface area (Å²) in [5, 5.41) is 5.49. The second-order valence-electron chi connectivity index (χ2n) is 4.46. The van der Waals surface area contributed by atoms with Crippen LogP contribution in [0.1, 0.15) is 10.4 Å². The number of carbonyl (C=O) groups is 2. The lowest BCUT2D eigenvalue weighted by Gasteiger charge is -2.35. The molecule has 1 aromatic carbocycles. The minimum atomic E-state index is -0.579. The van der Waals surface area contributed by atoms with Gasteiger partial charge in [-0.25, -0.2) is 4.39 Å². The number of hydrogen-bond donors (Lipinski definition) is 2. The molecule has 1 heterocycles. The number of nitrogens with zero attached hydrogens (tertiary/aromatic N) is 1. The summed E-state index contributed by atoms with van der Waals surface area (Å²) in [6.07, 6.45) is 0. The zero-order chi connectivity index (χ0) is 14.7. The standard InChI is InChI=1S/C13H15ClFN3O2/c1-16-12(19)11-7-17-4-5-18(11)13(20)8-2-3-10(15)9(14)6-8/h2-3,6,11,17H,4-5,7H2,1H3,(H,16,19). The normalized spacial score (nSPS) is 18.8. The average Bonchev–Trinajstić information content (AvgIpc) is 2.48. The fourth-order valence-electron chi connectivity index (χ4n) is 2.14. The van der Waals surface area contributed by atoms with Gasteiger partial charge in [-0.05, 0) is 18.2 Å². The molecule has 2 rings (SSSR count). The zero-order valence-corrected chi connectivity index (χ0v) is 11.7. The Balaban J connectivity index is 2.25. The van der Waals surface area contributed by atoms with Crippen LogP contribution in [-0.2, 0) is 4.79 Å². The van der Waals surface area contributed by atoms with E-state index in [4.69, 9.17) is 11.6 Å². The molecule has 2 amide bonds. The molecule has 7 heteroatoms. The molecular formula is C13H15ClFN3O2. The van der Waals surface area contributed by atoms with Gasteiger partial charge in [0.15, 0.2) is 0 Å². The third kappa shape index (κ3) is 2.91. The minimum Gasteiger partial charge on any atom is -0.357 e. The maximum Gasteiger partial charge on any atom is 0.254 e. The van der Waals surface area contributed by atoms with Crippen LogP contribution in [0.5, 0.6) is 0 Å². The Hall–Kier alpha value is -1.66. The first-order valence-corrected chi connectivity index (χ1v) is 6.60. The van der Waals surface area contributed by atoms with Crippen molar-refractivity contribution >= 4 is 23.4 Å². The Morgan fingerprint density at radius 3 is 2.90 bits per heavy atom. The molecule has 2 N–H and O–H groups in total. The van der Waals surface area contributed by atoms with E-state index in [9.17, 15) is 14.0 Å². The van der Waals surface area contributed by atoms with Gasteiger partial charge in [-0.2, -0.15) is 0 Å². The van der Waals surface area contributed by atoms with Gasteiger partial charge in [0, 0.05) is 32.2 Å². The van der Waals surface area contributed by atoms with Crippen LogP contribution >= 0.6 is 11.6 Å². The molecule has 1 aliphatic heterocycles. The number of carbonyl (C=O) groups excluding carboxylic acids is 2. The molecule has 1 aromatic rings. The van der Waals surface area contributed by atoms with Crippen molar-refractivity contribution in [3.8, 4) is 0 Å². The lowest BCUT2D eigenvalue weighted by molar-refractivity contribution is -0.125. The van der Waals surface area contributed by atoms with Crippen molar-refractivity contribution in [2.24, 2.45) is 0 Å². The number of amides is 2. The summed E-state index contributed by atoms with van der Waals surface area (Å²) in [4.78, 5) is 25.7. The van der Waals surface area contributed by atoms with Gasteiger partial charge >= 0.3 is 0 Å². The predicted octanol–water partition coefficient (Wildman–Crippen LogP) is 0.639. The number of halogens is 2. The second kappa shape index (κ2) is 6.19. The summed E-state index contributed by atoms with van der Waals surface area (Å²) in [6, 6.07) is 3.21. The van der Waals surface area contributed by atoms with Crippen molar-refractivity contribution < 1.29 is 14.0 Å². The van der Waals surface area contributed by atoms with Gasteiger partial charge in [0.25, 0.3) is 5.91 Å². The monoisotopic (exact) mass is 299 g/mol. The maximum atomic E-state index is 13.1.